The number of aromatic nitrogens is 2. The number of hydrogen-bond acceptors (Lipinski definition) is 5. The van der Waals surface area contributed by atoms with Crippen LogP contribution in [0.1, 0.15) is 32.4 Å². The van der Waals surface area contributed by atoms with Gasteiger partial charge in [-0.1, -0.05) is 26.0 Å². The van der Waals surface area contributed by atoms with Gasteiger partial charge in [-0.3, -0.25) is 14.8 Å². The Hall–Kier alpha value is -2.11. The monoisotopic (exact) mass is 393 g/mol. The highest BCUT2D eigenvalue weighted by Gasteiger charge is 2.25. The number of carbonyl (C=O) groups excluding carboxylic acids is 1. The molecule has 1 fully saturated rings. The molecule has 4 rings (SSSR count). The number of rotatable bonds is 6. The number of Topliss-reactive ketones (excluding diaryl/α,β-unsaturated/α-hetero) is 1. The maximum atomic E-state index is 12.8. The highest BCUT2D eigenvalue weighted by Crippen LogP contribution is 2.27. The largest absolute Gasteiger partial charge is 0.303 e. The van der Waals surface area contributed by atoms with E-state index in [2.05, 4.69) is 53.0 Å². The molecule has 0 spiro atoms. The van der Waals surface area contributed by atoms with Gasteiger partial charge in [-0.05, 0) is 54.9 Å². The van der Waals surface area contributed by atoms with Crippen molar-refractivity contribution < 1.29 is 4.79 Å². The molecule has 0 amide bonds. The summed E-state index contributed by atoms with van der Waals surface area (Å²) >= 11 is 1.64. The van der Waals surface area contributed by atoms with E-state index < -0.39 is 0 Å². The molecule has 0 radical (unpaired) electrons. The summed E-state index contributed by atoms with van der Waals surface area (Å²) in [6, 6.07) is 8.44. The zero-order chi connectivity index (χ0) is 19.5. The van der Waals surface area contributed by atoms with Crippen LogP contribution >= 0.6 is 11.3 Å². The number of fused-ring (bicyclic) bond motifs is 1. The smallest absolute Gasteiger partial charge is 0.142 e. The molecule has 5 heteroatoms. The molecule has 146 valence electrons. The van der Waals surface area contributed by atoms with E-state index in [0.29, 0.717) is 18.1 Å². The van der Waals surface area contributed by atoms with Crippen molar-refractivity contribution in [1.29, 1.82) is 0 Å². The zero-order valence-electron chi connectivity index (χ0n) is 16.6. The average molecular weight is 394 g/mol. The molecule has 3 heterocycles. The molecule has 0 unspecified atom stereocenters. The van der Waals surface area contributed by atoms with E-state index in [-0.39, 0.29) is 5.92 Å². The van der Waals surface area contributed by atoms with Gasteiger partial charge in [0.1, 0.15) is 5.78 Å². The van der Waals surface area contributed by atoms with Crippen molar-refractivity contribution in [2.45, 2.75) is 33.1 Å². The molecule has 1 aliphatic heterocycles. The highest BCUT2D eigenvalue weighted by atomic mass is 32.1. The minimum Gasteiger partial charge on any atom is -0.303 e. The fourth-order valence-corrected chi connectivity index (χ4v) is 4.69. The van der Waals surface area contributed by atoms with Crippen molar-refractivity contribution in [2.75, 3.05) is 19.6 Å². The Labute approximate surface area is 170 Å². The third kappa shape index (κ3) is 4.47. The molecule has 3 aromatic rings. The lowest BCUT2D eigenvalue weighted by molar-refractivity contribution is -0.123. The minimum absolute atomic E-state index is 0.185. The van der Waals surface area contributed by atoms with Gasteiger partial charge in [0, 0.05) is 42.4 Å². The van der Waals surface area contributed by atoms with Gasteiger partial charge in [-0.15, -0.1) is 11.3 Å². The number of hydrogen-bond donors (Lipinski definition) is 0. The van der Waals surface area contributed by atoms with Crippen LogP contribution in [0.15, 0.2) is 42.2 Å². The highest BCUT2D eigenvalue weighted by molar-refractivity contribution is 7.13. The van der Waals surface area contributed by atoms with Crippen LogP contribution in [0.25, 0.3) is 21.2 Å². The Morgan fingerprint density at radius 1 is 1.18 bits per heavy atom. The number of benzene rings is 1. The summed E-state index contributed by atoms with van der Waals surface area (Å²) in [5.74, 6) is 1.21. The lowest BCUT2D eigenvalue weighted by Crippen LogP contribution is -2.38. The normalized spacial score (nSPS) is 16.1. The molecule has 4 nitrogen and oxygen atoms in total. The van der Waals surface area contributed by atoms with E-state index in [0.717, 1.165) is 59.4 Å². The number of carbonyl (C=O) groups is 1. The summed E-state index contributed by atoms with van der Waals surface area (Å²) < 4.78 is 0. The lowest BCUT2D eigenvalue weighted by Gasteiger charge is -2.32. The number of likely N-dealkylation sites (tertiary alicyclic amines) is 1. The summed E-state index contributed by atoms with van der Waals surface area (Å²) in [5.41, 5.74) is 3.89. The molecule has 1 aromatic carbocycles. The predicted octanol–water partition coefficient (Wildman–Crippen LogP) is 4.84. The molecule has 1 aliphatic rings. The van der Waals surface area contributed by atoms with Crippen LogP contribution < -0.4 is 0 Å². The summed E-state index contributed by atoms with van der Waals surface area (Å²) in [5, 5.41) is 2.24. The summed E-state index contributed by atoms with van der Waals surface area (Å²) in [6.45, 7) is 7.72. The molecular formula is C23H27N3OS. The summed E-state index contributed by atoms with van der Waals surface area (Å²) in [6.07, 6.45) is 6.18. The van der Waals surface area contributed by atoms with E-state index >= 15 is 0 Å². The van der Waals surface area contributed by atoms with E-state index in [4.69, 9.17) is 0 Å². The van der Waals surface area contributed by atoms with Crippen molar-refractivity contribution in [3.63, 3.8) is 0 Å². The van der Waals surface area contributed by atoms with Crippen LogP contribution in [-0.4, -0.2) is 40.3 Å². The molecule has 0 atom stereocenters. The second-order valence-electron chi connectivity index (χ2n) is 8.22. The molecule has 0 aliphatic carbocycles. The van der Waals surface area contributed by atoms with Gasteiger partial charge in [0.05, 0.1) is 10.4 Å². The third-order valence-electron chi connectivity index (χ3n) is 5.52. The first-order valence-corrected chi connectivity index (χ1v) is 11.0. The van der Waals surface area contributed by atoms with Gasteiger partial charge in [0.15, 0.2) is 0 Å². The van der Waals surface area contributed by atoms with Gasteiger partial charge in [0.25, 0.3) is 0 Å². The van der Waals surface area contributed by atoms with Crippen LogP contribution in [0.2, 0.25) is 0 Å². The molecule has 0 saturated carbocycles. The van der Waals surface area contributed by atoms with Gasteiger partial charge in [-0.2, -0.15) is 0 Å². The maximum absolute atomic E-state index is 12.8. The molecule has 2 aromatic heterocycles. The summed E-state index contributed by atoms with van der Waals surface area (Å²) in [7, 11) is 0. The van der Waals surface area contributed by atoms with Crippen molar-refractivity contribution in [1.82, 2.24) is 14.9 Å². The third-order valence-corrected chi connectivity index (χ3v) is 6.34. The topological polar surface area (TPSA) is 46.1 Å². The quantitative estimate of drug-likeness (QED) is 0.601. The van der Waals surface area contributed by atoms with Gasteiger partial charge >= 0.3 is 0 Å². The SMILES string of the molecule is CC(C)CN1CCC(C(=O)Cc2cc3cc(-c4cncs4)ccc3cn2)CC1. The maximum Gasteiger partial charge on any atom is 0.142 e. The average Bonchev–Trinajstić information content (AvgIpc) is 3.22. The van der Waals surface area contributed by atoms with Gasteiger partial charge < -0.3 is 4.90 Å². The van der Waals surface area contributed by atoms with Gasteiger partial charge in [0.2, 0.25) is 0 Å². The Kier molecular flexibility index (Phi) is 5.83. The van der Waals surface area contributed by atoms with E-state index in [1.165, 1.54) is 0 Å². The standard InChI is InChI=1S/C23H27N3OS/c1-16(2)14-26-7-5-17(6-8-26)22(27)11-21-10-20-9-18(23-13-24-15-28-23)3-4-19(20)12-25-21/h3-4,9-10,12-13,15-17H,5-8,11,14H2,1-2H3. The van der Waals surface area contributed by atoms with Gasteiger partial charge in [-0.25, -0.2) is 0 Å². The molecular weight excluding hydrogens is 366 g/mol. The van der Waals surface area contributed by atoms with Crippen molar-refractivity contribution in [3.05, 3.63) is 47.9 Å². The molecule has 0 bridgehead atoms. The fourth-order valence-electron chi connectivity index (χ4n) is 4.07. The summed E-state index contributed by atoms with van der Waals surface area (Å²) in [4.78, 5) is 25.2. The minimum atomic E-state index is 0.185. The first-order valence-electron chi connectivity index (χ1n) is 10.1. The lowest BCUT2D eigenvalue weighted by atomic mass is 9.89. The van der Waals surface area contributed by atoms with Crippen LogP contribution in [0.4, 0.5) is 0 Å². The Balaban J connectivity index is 1.43. The molecule has 28 heavy (non-hydrogen) atoms. The Bertz CT molecular complexity index is 944. The van der Waals surface area contributed by atoms with Crippen LogP contribution in [-0.2, 0) is 11.2 Å². The second-order valence-corrected chi connectivity index (χ2v) is 9.10. The van der Waals surface area contributed by atoms with E-state index in [1.807, 2.05) is 17.9 Å². The number of piperidine rings is 1. The first kappa shape index (κ1) is 19.2. The Morgan fingerprint density at radius 2 is 2.00 bits per heavy atom. The van der Waals surface area contributed by atoms with E-state index in [1.54, 1.807) is 11.3 Å². The Morgan fingerprint density at radius 3 is 2.71 bits per heavy atom. The number of ketones is 1. The fraction of sp³-hybridized carbons (Fsp3) is 0.435. The van der Waals surface area contributed by atoms with Crippen LogP contribution in [0.3, 0.4) is 0 Å². The van der Waals surface area contributed by atoms with Crippen LogP contribution in [0, 0.1) is 11.8 Å². The molecule has 0 N–H and O–H groups in total. The predicted molar refractivity (Wildman–Crippen MR) is 116 cm³/mol. The zero-order valence-corrected chi connectivity index (χ0v) is 17.4. The van der Waals surface area contributed by atoms with E-state index in [9.17, 15) is 4.79 Å². The number of pyridine rings is 1. The first-order chi connectivity index (χ1) is 13.6. The molecule has 1 saturated heterocycles. The number of thiazole rings is 1. The van der Waals surface area contributed by atoms with Crippen molar-refractivity contribution in [2.24, 2.45) is 11.8 Å². The van der Waals surface area contributed by atoms with Crippen LogP contribution in [0.5, 0.6) is 0 Å². The van der Waals surface area contributed by atoms with Crippen molar-refractivity contribution >= 4 is 27.9 Å². The van der Waals surface area contributed by atoms with Crippen molar-refractivity contribution in [3.8, 4) is 10.4 Å². The second kappa shape index (κ2) is 8.50. The number of nitrogens with zero attached hydrogens (tertiary/aromatic N) is 3.